The Hall–Kier alpha value is -1.76. The van der Waals surface area contributed by atoms with E-state index < -0.39 is 0 Å². The Bertz CT molecular complexity index is 730. The van der Waals surface area contributed by atoms with Crippen molar-refractivity contribution in [2.24, 2.45) is 17.8 Å². The van der Waals surface area contributed by atoms with Crippen LogP contribution in [-0.2, 0) is 6.42 Å². The van der Waals surface area contributed by atoms with Crippen molar-refractivity contribution in [3.8, 4) is 5.75 Å². The van der Waals surface area contributed by atoms with Crippen molar-refractivity contribution in [1.29, 1.82) is 0 Å². The molecule has 0 radical (unpaired) electrons. The second-order valence-corrected chi connectivity index (χ2v) is 8.77. The van der Waals surface area contributed by atoms with Gasteiger partial charge in [0.25, 0.3) is 0 Å². The van der Waals surface area contributed by atoms with E-state index in [1.165, 1.54) is 47.9 Å². The lowest BCUT2D eigenvalue weighted by Gasteiger charge is -2.22. The number of rotatable bonds is 7. The van der Waals surface area contributed by atoms with Gasteiger partial charge in [-0.05, 0) is 60.4 Å². The molecule has 1 aliphatic rings. The lowest BCUT2D eigenvalue weighted by Crippen LogP contribution is -2.12. The maximum atomic E-state index is 6.33. The molecule has 0 aromatic heterocycles. The number of fused-ring (bicyclic) bond motifs is 1. The third kappa shape index (κ3) is 5.87. The van der Waals surface area contributed by atoms with Crippen LogP contribution in [0, 0.1) is 31.6 Å². The molecule has 1 heteroatoms. The largest absolute Gasteiger partial charge is 0.485 e. The Morgan fingerprint density at radius 3 is 2.00 bits per heavy atom. The van der Waals surface area contributed by atoms with Gasteiger partial charge in [0.15, 0.2) is 0 Å². The fraction of sp³-hybridized carbons (Fsp3) is 0.571. The number of hydrogen-bond acceptors (Lipinski definition) is 1. The number of aryl methyl sites for hydroxylation is 1. The summed E-state index contributed by atoms with van der Waals surface area (Å²) in [5.41, 5.74) is 5.33. The van der Waals surface area contributed by atoms with Crippen LogP contribution in [0.2, 0.25) is 0 Å². The summed E-state index contributed by atoms with van der Waals surface area (Å²) in [6.45, 7) is 15.8. The van der Waals surface area contributed by atoms with Crippen molar-refractivity contribution in [1.82, 2.24) is 0 Å². The van der Waals surface area contributed by atoms with Gasteiger partial charge >= 0.3 is 0 Å². The molecule has 0 bridgehead atoms. The van der Waals surface area contributed by atoms with E-state index >= 15 is 0 Å². The Kier molecular flexibility index (Phi) is 9.27. The minimum atomic E-state index is 0.191. The van der Waals surface area contributed by atoms with E-state index in [1.807, 2.05) is 0 Å². The molecule has 0 amide bonds. The number of ether oxygens (including phenoxy) is 1. The van der Waals surface area contributed by atoms with Crippen molar-refractivity contribution in [3.63, 3.8) is 0 Å². The molecule has 1 aliphatic carbocycles. The second kappa shape index (κ2) is 11.4. The first-order chi connectivity index (χ1) is 14.0. The standard InChI is InChI=1S/C18H20O.C10H22/c1-12-7-6-10-17(14(12)3)19-18-13(2)11-15-8-4-5-9-16(15)18;1-5-9(6-2)10(7-3)8-4/h4-10,13,18H,11H2,1-3H3;9-10H,5-8H2,1-4H3/t13-,18?;/m1./s1. The van der Waals surface area contributed by atoms with Crippen molar-refractivity contribution >= 4 is 0 Å². The maximum Gasteiger partial charge on any atom is 0.127 e. The van der Waals surface area contributed by atoms with Crippen LogP contribution < -0.4 is 4.74 Å². The summed E-state index contributed by atoms with van der Waals surface area (Å²) < 4.78 is 6.33. The first-order valence-electron chi connectivity index (χ1n) is 11.8. The van der Waals surface area contributed by atoms with Crippen LogP contribution in [0.4, 0.5) is 0 Å². The highest BCUT2D eigenvalue weighted by Gasteiger charge is 2.31. The Morgan fingerprint density at radius 1 is 0.828 bits per heavy atom. The highest BCUT2D eigenvalue weighted by molar-refractivity contribution is 5.40. The molecular weight excluding hydrogens is 352 g/mol. The highest BCUT2D eigenvalue weighted by Crippen LogP contribution is 2.39. The van der Waals surface area contributed by atoms with Gasteiger partial charge in [-0.3, -0.25) is 0 Å². The Balaban J connectivity index is 0.000000257. The molecule has 0 aliphatic heterocycles. The quantitative estimate of drug-likeness (QED) is 0.457. The third-order valence-electron chi connectivity index (χ3n) is 6.99. The summed E-state index contributed by atoms with van der Waals surface area (Å²) in [4.78, 5) is 0. The fourth-order valence-corrected chi connectivity index (χ4v) is 4.84. The van der Waals surface area contributed by atoms with Crippen LogP contribution in [0.3, 0.4) is 0 Å². The van der Waals surface area contributed by atoms with Gasteiger partial charge in [0.2, 0.25) is 0 Å². The molecule has 2 aromatic rings. The molecule has 0 fully saturated rings. The van der Waals surface area contributed by atoms with Crippen LogP contribution in [0.1, 0.15) is 88.7 Å². The summed E-state index contributed by atoms with van der Waals surface area (Å²) in [6, 6.07) is 14.9. The molecule has 0 saturated heterocycles. The summed E-state index contributed by atoms with van der Waals surface area (Å²) in [6.07, 6.45) is 6.76. The van der Waals surface area contributed by atoms with Crippen LogP contribution in [0.5, 0.6) is 5.75 Å². The van der Waals surface area contributed by atoms with Crippen molar-refractivity contribution in [3.05, 3.63) is 64.7 Å². The van der Waals surface area contributed by atoms with E-state index in [4.69, 9.17) is 4.74 Å². The zero-order valence-corrected chi connectivity index (χ0v) is 19.8. The van der Waals surface area contributed by atoms with E-state index in [0.29, 0.717) is 5.92 Å². The molecule has 3 rings (SSSR count). The van der Waals surface area contributed by atoms with Crippen molar-refractivity contribution in [2.75, 3.05) is 0 Å². The van der Waals surface area contributed by atoms with Gasteiger partial charge in [0.05, 0.1) is 0 Å². The average Bonchev–Trinajstić information content (AvgIpc) is 3.05. The highest BCUT2D eigenvalue weighted by atomic mass is 16.5. The van der Waals surface area contributed by atoms with Gasteiger partial charge in [-0.1, -0.05) is 96.7 Å². The smallest absolute Gasteiger partial charge is 0.127 e. The molecule has 0 saturated carbocycles. The van der Waals surface area contributed by atoms with Gasteiger partial charge in [0.1, 0.15) is 11.9 Å². The zero-order valence-electron chi connectivity index (χ0n) is 19.8. The first kappa shape index (κ1) is 23.5. The molecule has 1 unspecified atom stereocenters. The molecule has 2 aromatic carbocycles. The molecule has 0 N–H and O–H groups in total. The first-order valence-corrected chi connectivity index (χ1v) is 11.8. The summed E-state index contributed by atoms with van der Waals surface area (Å²) in [7, 11) is 0. The summed E-state index contributed by atoms with van der Waals surface area (Å²) in [5, 5.41) is 0. The van der Waals surface area contributed by atoms with Crippen molar-refractivity contribution < 1.29 is 4.74 Å². The molecule has 1 nitrogen and oxygen atoms in total. The molecule has 0 spiro atoms. The lowest BCUT2D eigenvalue weighted by molar-refractivity contribution is 0.158. The minimum Gasteiger partial charge on any atom is -0.485 e. The van der Waals surface area contributed by atoms with Crippen LogP contribution in [0.15, 0.2) is 42.5 Å². The average molecular weight is 395 g/mol. The van der Waals surface area contributed by atoms with Gasteiger partial charge in [-0.25, -0.2) is 0 Å². The van der Waals surface area contributed by atoms with E-state index in [-0.39, 0.29) is 6.10 Å². The van der Waals surface area contributed by atoms with Gasteiger partial charge in [-0.15, -0.1) is 0 Å². The van der Waals surface area contributed by atoms with Crippen LogP contribution in [-0.4, -0.2) is 0 Å². The maximum absolute atomic E-state index is 6.33. The SMILES string of the molecule is CCC(CC)C(CC)CC.Cc1cccc(OC2c3ccccc3C[C@H]2C)c1C. The van der Waals surface area contributed by atoms with Crippen LogP contribution in [0.25, 0.3) is 0 Å². The number of benzene rings is 2. The lowest BCUT2D eigenvalue weighted by atomic mass is 9.84. The number of hydrogen-bond donors (Lipinski definition) is 0. The van der Waals surface area contributed by atoms with Crippen molar-refractivity contribution in [2.45, 2.75) is 86.7 Å². The van der Waals surface area contributed by atoms with Crippen LogP contribution >= 0.6 is 0 Å². The molecule has 29 heavy (non-hydrogen) atoms. The molecule has 0 heterocycles. The third-order valence-corrected chi connectivity index (χ3v) is 6.99. The molecule has 160 valence electrons. The van der Waals surface area contributed by atoms with E-state index in [0.717, 1.165) is 24.0 Å². The fourth-order valence-electron chi connectivity index (χ4n) is 4.84. The predicted octanol–water partition coefficient (Wildman–Crippen LogP) is 8.47. The predicted molar refractivity (Wildman–Crippen MR) is 127 cm³/mol. The van der Waals surface area contributed by atoms with E-state index in [1.54, 1.807) is 0 Å². The Labute approximate surface area is 179 Å². The van der Waals surface area contributed by atoms with E-state index in [9.17, 15) is 0 Å². The van der Waals surface area contributed by atoms with E-state index in [2.05, 4.69) is 90.9 Å². The minimum absolute atomic E-state index is 0.191. The summed E-state index contributed by atoms with van der Waals surface area (Å²) >= 11 is 0. The van der Waals surface area contributed by atoms with Gasteiger partial charge < -0.3 is 4.74 Å². The molecule has 2 atom stereocenters. The second-order valence-electron chi connectivity index (χ2n) is 8.77. The monoisotopic (exact) mass is 394 g/mol. The summed E-state index contributed by atoms with van der Waals surface area (Å²) in [5.74, 6) is 3.52. The Morgan fingerprint density at radius 2 is 1.41 bits per heavy atom. The zero-order chi connectivity index (χ0) is 21.4. The molecular formula is C28H42O. The normalized spacial score (nSPS) is 17.8. The van der Waals surface area contributed by atoms with Gasteiger partial charge in [-0.2, -0.15) is 0 Å². The topological polar surface area (TPSA) is 9.23 Å². The van der Waals surface area contributed by atoms with Gasteiger partial charge in [0, 0.05) is 5.92 Å².